The molecule has 1 aliphatic carbocycles. The van der Waals surface area contributed by atoms with Gasteiger partial charge in [0.05, 0.1) is 15.6 Å². The van der Waals surface area contributed by atoms with Crippen LogP contribution < -0.4 is 0 Å². The van der Waals surface area contributed by atoms with E-state index in [0.717, 1.165) is 30.5 Å². The number of likely N-dealkylation sites (N-methyl/N-ethyl adjacent to an activating group) is 1. The summed E-state index contributed by atoms with van der Waals surface area (Å²) in [6.07, 6.45) is -1.70. The van der Waals surface area contributed by atoms with Crippen molar-refractivity contribution in [3.8, 4) is 0 Å². The van der Waals surface area contributed by atoms with Gasteiger partial charge in [0.1, 0.15) is 5.82 Å². The zero-order chi connectivity index (χ0) is 29.7. The van der Waals surface area contributed by atoms with Gasteiger partial charge in [0.25, 0.3) is 0 Å². The molecular weight excluding hydrogens is 581 g/mol. The van der Waals surface area contributed by atoms with Crippen LogP contribution in [-0.2, 0) is 22.3 Å². The average molecular weight is 615 g/mol. The summed E-state index contributed by atoms with van der Waals surface area (Å²) >= 11 is 12.5. The summed E-state index contributed by atoms with van der Waals surface area (Å²) in [5, 5.41) is 0.800. The lowest BCUT2D eigenvalue weighted by Gasteiger charge is -2.34. The number of hydrogen-bond donors (Lipinski definition) is 0. The maximum Gasteiger partial charge on any atom is 0.419 e. The van der Waals surface area contributed by atoms with E-state index in [-0.39, 0.29) is 41.7 Å². The number of alkyl halides is 3. The first-order valence-corrected chi connectivity index (χ1v) is 14.6. The minimum Gasteiger partial charge on any atom is -0.342 e. The Morgan fingerprint density at radius 3 is 2.27 bits per heavy atom. The lowest BCUT2D eigenvalue weighted by Crippen LogP contribution is -2.46. The molecule has 2 aromatic rings. The van der Waals surface area contributed by atoms with Crippen LogP contribution in [0.1, 0.15) is 55.2 Å². The predicted octanol–water partition coefficient (Wildman–Crippen LogP) is 6.62. The van der Waals surface area contributed by atoms with Crippen LogP contribution in [0.2, 0.25) is 10.0 Å². The van der Waals surface area contributed by atoms with Gasteiger partial charge in [-0.1, -0.05) is 42.3 Å². The van der Waals surface area contributed by atoms with Crippen molar-refractivity contribution in [3.05, 3.63) is 69.0 Å². The third kappa shape index (κ3) is 6.37. The van der Waals surface area contributed by atoms with E-state index in [2.05, 4.69) is 0 Å². The molecule has 5 rings (SSSR count). The normalized spacial score (nSPS) is 22.9. The number of amides is 2. The van der Waals surface area contributed by atoms with Crippen molar-refractivity contribution in [2.75, 3.05) is 33.2 Å². The van der Waals surface area contributed by atoms with Crippen molar-refractivity contribution in [2.45, 2.75) is 57.3 Å². The third-order valence-electron chi connectivity index (χ3n) is 8.96. The van der Waals surface area contributed by atoms with Gasteiger partial charge < -0.3 is 9.80 Å². The summed E-state index contributed by atoms with van der Waals surface area (Å²) in [6, 6.07) is 8.13. The molecule has 0 spiro atoms. The molecule has 41 heavy (non-hydrogen) atoms. The van der Waals surface area contributed by atoms with Gasteiger partial charge in [-0.25, -0.2) is 4.39 Å². The maximum atomic E-state index is 14.3. The van der Waals surface area contributed by atoms with Crippen molar-refractivity contribution in [2.24, 2.45) is 11.3 Å². The molecule has 2 aliphatic heterocycles. The summed E-state index contributed by atoms with van der Waals surface area (Å²) in [7, 11) is 1.82. The number of halogens is 6. The Morgan fingerprint density at radius 1 is 1.00 bits per heavy atom. The second-order valence-electron chi connectivity index (χ2n) is 11.9. The number of benzene rings is 2. The highest BCUT2D eigenvalue weighted by molar-refractivity contribution is 6.42. The van der Waals surface area contributed by atoms with Gasteiger partial charge in [-0.15, -0.1) is 0 Å². The zero-order valence-electron chi connectivity index (χ0n) is 23.0. The Balaban J connectivity index is 1.31. The Bertz CT molecular complexity index is 1330. The van der Waals surface area contributed by atoms with E-state index >= 15 is 0 Å². The summed E-state index contributed by atoms with van der Waals surface area (Å²) in [6.45, 7) is 4.16. The molecule has 0 N–H and O–H groups in total. The van der Waals surface area contributed by atoms with Crippen LogP contribution >= 0.6 is 23.2 Å². The summed E-state index contributed by atoms with van der Waals surface area (Å²) in [5.41, 5.74) is -0.235. The molecule has 2 amide bonds. The van der Waals surface area contributed by atoms with Gasteiger partial charge in [0, 0.05) is 56.0 Å². The molecule has 222 valence electrons. The van der Waals surface area contributed by atoms with Crippen LogP contribution in [0.25, 0.3) is 0 Å². The first-order valence-electron chi connectivity index (χ1n) is 13.9. The fourth-order valence-electron chi connectivity index (χ4n) is 6.15. The number of carbonyl (C=O) groups excluding carboxylic acids is 2. The third-order valence-corrected chi connectivity index (χ3v) is 9.70. The molecule has 1 saturated carbocycles. The first kappa shape index (κ1) is 30.1. The van der Waals surface area contributed by atoms with E-state index in [1.54, 1.807) is 12.1 Å². The monoisotopic (exact) mass is 613 g/mol. The highest BCUT2D eigenvalue weighted by atomic mass is 35.5. The smallest absolute Gasteiger partial charge is 0.342 e. The van der Waals surface area contributed by atoms with Crippen molar-refractivity contribution >= 4 is 35.0 Å². The van der Waals surface area contributed by atoms with Crippen molar-refractivity contribution in [1.82, 2.24) is 14.7 Å². The van der Waals surface area contributed by atoms with Gasteiger partial charge in [-0.3, -0.25) is 14.5 Å². The fourth-order valence-corrected chi connectivity index (χ4v) is 6.45. The minimum absolute atomic E-state index is 0.0382. The molecule has 0 unspecified atom stereocenters. The van der Waals surface area contributed by atoms with Crippen LogP contribution in [-0.4, -0.2) is 65.8 Å². The van der Waals surface area contributed by atoms with Gasteiger partial charge in [-0.2, -0.15) is 13.2 Å². The molecule has 5 nitrogen and oxygen atoms in total. The van der Waals surface area contributed by atoms with Crippen LogP contribution in [0.5, 0.6) is 0 Å². The van der Waals surface area contributed by atoms with Crippen molar-refractivity contribution < 1.29 is 27.2 Å². The van der Waals surface area contributed by atoms with E-state index in [0.29, 0.717) is 54.6 Å². The van der Waals surface area contributed by atoms with E-state index in [1.165, 1.54) is 6.07 Å². The molecule has 0 radical (unpaired) electrons. The quantitative estimate of drug-likeness (QED) is 0.344. The van der Waals surface area contributed by atoms with Crippen molar-refractivity contribution in [1.29, 1.82) is 0 Å². The Kier molecular flexibility index (Phi) is 8.36. The van der Waals surface area contributed by atoms with Gasteiger partial charge in [0.2, 0.25) is 11.8 Å². The number of rotatable bonds is 6. The SMILES string of the molecule is CN(Cc1ccc(C(F)(F)F)c(F)c1)[C@@H]1CN(C(=O)C2CCN(C(=O)C3(C)CC3)CC2)C[C@@H]1c1ccc(Cl)c(Cl)c1. The Morgan fingerprint density at radius 2 is 1.68 bits per heavy atom. The highest BCUT2D eigenvalue weighted by Gasteiger charge is 2.48. The molecule has 0 bridgehead atoms. The molecule has 11 heteroatoms. The molecular formula is C30H33Cl2F4N3O2. The van der Waals surface area contributed by atoms with E-state index in [4.69, 9.17) is 23.2 Å². The molecule has 3 fully saturated rings. The second kappa shape index (κ2) is 11.4. The maximum absolute atomic E-state index is 14.3. The van der Waals surface area contributed by atoms with E-state index in [9.17, 15) is 27.2 Å². The summed E-state index contributed by atoms with van der Waals surface area (Å²) in [4.78, 5) is 32.1. The van der Waals surface area contributed by atoms with Gasteiger partial charge >= 0.3 is 6.18 Å². The number of piperidine rings is 1. The first-order chi connectivity index (χ1) is 19.3. The number of carbonyl (C=O) groups is 2. The van der Waals surface area contributed by atoms with Crippen molar-refractivity contribution in [3.63, 3.8) is 0 Å². The zero-order valence-corrected chi connectivity index (χ0v) is 24.5. The van der Waals surface area contributed by atoms with E-state index < -0.39 is 17.6 Å². The van der Waals surface area contributed by atoms with Crippen LogP contribution in [0.15, 0.2) is 36.4 Å². The molecule has 2 saturated heterocycles. The standard InChI is InChI=1S/C30H33Cl2F4N3O2/c1-29(9-10-29)28(41)38-11-7-19(8-12-38)27(40)39-16-21(20-4-6-23(31)24(32)14-20)26(17-39)37(2)15-18-3-5-22(25(33)13-18)30(34,35)36/h3-6,13-14,19,21,26H,7-12,15-17H2,1-2H3/t21-,26-/m1/s1. The molecule has 2 heterocycles. The number of hydrogen-bond acceptors (Lipinski definition) is 3. The highest BCUT2D eigenvalue weighted by Crippen LogP contribution is 2.47. The minimum atomic E-state index is -4.76. The summed E-state index contributed by atoms with van der Waals surface area (Å²) in [5.74, 6) is -1.42. The topological polar surface area (TPSA) is 43.9 Å². The molecule has 3 aliphatic rings. The predicted molar refractivity (Wildman–Crippen MR) is 149 cm³/mol. The number of likely N-dealkylation sites (tertiary alicyclic amines) is 2. The molecule has 2 atom stereocenters. The molecule has 0 aromatic heterocycles. The average Bonchev–Trinajstić information content (AvgIpc) is 3.51. The Hall–Kier alpha value is -2.36. The summed E-state index contributed by atoms with van der Waals surface area (Å²) < 4.78 is 53.4. The number of nitrogens with zero attached hydrogens (tertiary/aromatic N) is 3. The lowest BCUT2D eigenvalue weighted by atomic mass is 9.93. The molecule has 2 aromatic carbocycles. The van der Waals surface area contributed by atoms with Crippen LogP contribution in [0.4, 0.5) is 17.6 Å². The van der Waals surface area contributed by atoms with Gasteiger partial charge in [-0.05, 0) is 68.1 Å². The van der Waals surface area contributed by atoms with E-state index in [1.807, 2.05) is 34.7 Å². The largest absolute Gasteiger partial charge is 0.419 e. The van der Waals surface area contributed by atoms with Gasteiger partial charge in [0.15, 0.2) is 0 Å². The van der Waals surface area contributed by atoms with Crippen LogP contribution in [0.3, 0.4) is 0 Å². The fraction of sp³-hybridized carbons (Fsp3) is 0.533. The Labute approximate surface area is 247 Å². The lowest BCUT2D eigenvalue weighted by molar-refractivity contribution is -0.142. The second-order valence-corrected chi connectivity index (χ2v) is 12.8. The van der Waals surface area contributed by atoms with Crippen LogP contribution in [0, 0.1) is 17.2 Å².